The lowest BCUT2D eigenvalue weighted by Crippen LogP contribution is -2.52. The fourth-order valence-corrected chi connectivity index (χ4v) is 5.51. The first-order valence-electron chi connectivity index (χ1n) is 13.1. The van der Waals surface area contributed by atoms with Crippen LogP contribution in [0.25, 0.3) is 0 Å². The molecule has 0 aliphatic carbocycles. The standard InChI is InChI=1S/C30H37N3O6S/c1-6-39-26-17-15-25(16-18-26)33(40(36,37)28-13-8-7-9-14-28)21-29(34)32(23(4)30(35)31-22(2)3)20-24-11-10-12-27(19-24)38-5/h7-19,22-23H,6,20-21H2,1-5H3,(H,31,35)/t23-/m0/s1. The van der Waals surface area contributed by atoms with Crippen LogP contribution in [0.4, 0.5) is 5.69 Å². The van der Waals surface area contributed by atoms with Gasteiger partial charge in [0.05, 0.1) is 24.3 Å². The van der Waals surface area contributed by atoms with Crippen molar-refractivity contribution in [1.82, 2.24) is 10.2 Å². The van der Waals surface area contributed by atoms with Gasteiger partial charge in [-0.2, -0.15) is 0 Å². The van der Waals surface area contributed by atoms with Crippen LogP contribution in [-0.2, 0) is 26.2 Å². The maximum absolute atomic E-state index is 13.9. The van der Waals surface area contributed by atoms with E-state index >= 15 is 0 Å². The van der Waals surface area contributed by atoms with E-state index in [4.69, 9.17) is 9.47 Å². The van der Waals surface area contributed by atoms with Gasteiger partial charge in [-0.25, -0.2) is 8.42 Å². The molecule has 3 aromatic rings. The summed E-state index contributed by atoms with van der Waals surface area (Å²) in [6.07, 6.45) is 0. The van der Waals surface area contributed by atoms with E-state index in [-0.39, 0.29) is 23.4 Å². The Kier molecular flexibility index (Phi) is 10.6. The van der Waals surface area contributed by atoms with Gasteiger partial charge in [0, 0.05) is 12.6 Å². The van der Waals surface area contributed by atoms with Crippen molar-refractivity contribution in [1.29, 1.82) is 0 Å². The van der Waals surface area contributed by atoms with Gasteiger partial charge in [0.25, 0.3) is 10.0 Å². The Morgan fingerprint density at radius 2 is 1.57 bits per heavy atom. The molecule has 2 amide bonds. The van der Waals surface area contributed by atoms with Crippen LogP contribution in [0.3, 0.4) is 0 Å². The van der Waals surface area contributed by atoms with Crippen molar-refractivity contribution in [3.8, 4) is 11.5 Å². The second-order valence-corrected chi connectivity index (χ2v) is 11.3. The Balaban J connectivity index is 2.02. The topological polar surface area (TPSA) is 105 Å². The number of benzene rings is 3. The lowest BCUT2D eigenvalue weighted by molar-refractivity contribution is -0.139. The molecule has 1 atom stereocenters. The van der Waals surface area contributed by atoms with Gasteiger partial charge in [-0.05, 0) is 81.8 Å². The van der Waals surface area contributed by atoms with Crippen molar-refractivity contribution in [2.24, 2.45) is 0 Å². The third-order valence-corrected chi connectivity index (χ3v) is 7.92. The number of carbonyl (C=O) groups is 2. The predicted octanol–water partition coefficient (Wildman–Crippen LogP) is 4.23. The molecule has 3 rings (SSSR count). The number of anilines is 1. The van der Waals surface area contributed by atoms with E-state index in [2.05, 4.69) is 5.32 Å². The van der Waals surface area contributed by atoms with Crippen LogP contribution in [0.5, 0.6) is 11.5 Å². The monoisotopic (exact) mass is 567 g/mol. The lowest BCUT2D eigenvalue weighted by Gasteiger charge is -2.32. The molecule has 0 aliphatic rings. The summed E-state index contributed by atoms with van der Waals surface area (Å²) in [4.78, 5) is 28.4. The van der Waals surface area contributed by atoms with Gasteiger partial charge in [-0.15, -0.1) is 0 Å². The molecular weight excluding hydrogens is 530 g/mol. The van der Waals surface area contributed by atoms with Crippen LogP contribution in [-0.4, -0.2) is 57.5 Å². The highest BCUT2D eigenvalue weighted by Gasteiger charge is 2.32. The van der Waals surface area contributed by atoms with Gasteiger partial charge in [0.15, 0.2) is 0 Å². The molecule has 40 heavy (non-hydrogen) atoms. The molecule has 3 aromatic carbocycles. The van der Waals surface area contributed by atoms with E-state index in [0.29, 0.717) is 23.8 Å². The highest BCUT2D eigenvalue weighted by Crippen LogP contribution is 2.27. The number of nitrogens with zero attached hydrogens (tertiary/aromatic N) is 2. The Hall–Kier alpha value is -4.05. The Labute approximate surface area is 236 Å². The summed E-state index contributed by atoms with van der Waals surface area (Å²) in [5.74, 6) is 0.299. The van der Waals surface area contributed by atoms with Crippen molar-refractivity contribution in [2.75, 3.05) is 24.6 Å². The zero-order chi connectivity index (χ0) is 29.3. The maximum atomic E-state index is 13.9. The van der Waals surface area contributed by atoms with E-state index in [0.717, 1.165) is 9.87 Å². The average molecular weight is 568 g/mol. The van der Waals surface area contributed by atoms with Crippen LogP contribution < -0.4 is 19.1 Å². The van der Waals surface area contributed by atoms with Crippen molar-refractivity contribution in [3.63, 3.8) is 0 Å². The van der Waals surface area contributed by atoms with Crippen LogP contribution in [0.15, 0.2) is 83.8 Å². The molecule has 0 unspecified atom stereocenters. The molecule has 0 saturated carbocycles. The molecule has 10 heteroatoms. The number of ether oxygens (including phenoxy) is 2. The number of hydrogen-bond acceptors (Lipinski definition) is 6. The first-order chi connectivity index (χ1) is 19.1. The number of amides is 2. The molecule has 0 bridgehead atoms. The molecule has 0 heterocycles. The van der Waals surface area contributed by atoms with Crippen LogP contribution in [0.1, 0.15) is 33.3 Å². The van der Waals surface area contributed by atoms with Gasteiger partial charge < -0.3 is 19.7 Å². The third-order valence-electron chi connectivity index (χ3n) is 6.13. The minimum Gasteiger partial charge on any atom is -0.497 e. The third kappa shape index (κ3) is 7.75. The lowest BCUT2D eigenvalue weighted by atomic mass is 10.1. The Morgan fingerprint density at radius 3 is 2.17 bits per heavy atom. The molecule has 214 valence electrons. The van der Waals surface area contributed by atoms with Gasteiger partial charge in [-0.1, -0.05) is 30.3 Å². The second kappa shape index (κ2) is 13.8. The quantitative estimate of drug-likeness (QED) is 0.332. The number of carbonyl (C=O) groups excluding carboxylic acids is 2. The van der Waals surface area contributed by atoms with E-state index in [1.165, 1.54) is 17.0 Å². The van der Waals surface area contributed by atoms with Crippen molar-refractivity contribution >= 4 is 27.5 Å². The van der Waals surface area contributed by atoms with E-state index in [9.17, 15) is 18.0 Å². The van der Waals surface area contributed by atoms with Crippen LogP contribution in [0, 0.1) is 0 Å². The minimum absolute atomic E-state index is 0.0432. The van der Waals surface area contributed by atoms with Crippen molar-refractivity contribution in [3.05, 3.63) is 84.4 Å². The molecule has 0 radical (unpaired) electrons. The molecule has 0 saturated heterocycles. The van der Waals surface area contributed by atoms with Gasteiger partial charge in [0.2, 0.25) is 11.8 Å². The fourth-order valence-electron chi connectivity index (χ4n) is 4.08. The largest absolute Gasteiger partial charge is 0.497 e. The summed E-state index contributed by atoms with van der Waals surface area (Å²) in [6, 6.07) is 20.6. The molecule has 1 N–H and O–H groups in total. The highest BCUT2D eigenvalue weighted by atomic mass is 32.2. The number of methoxy groups -OCH3 is 1. The summed E-state index contributed by atoms with van der Waals surface area (Å²) in [6.45, 7) is 7.16. The number of sulfonamides is 1. The van der Waals surface area contributed by atoms with Gasteiger partial charge in [-0.3, -0.25) is 13.9 Å². The average Bonchev–Trinajstić information content (AvgIpc) is 2.95. The van der Waals surface area contributed by atoms with E-state index < -0.39 is 28.5 Å². The Morgan fingerprint density at radius 1 is 0.900 bits per heavy atom. The number of hydrogen-bond donors (Lipinski definition) is 1. The summed E-state index contributed by atoms with van der Waals surface area (Å²) < 4.78 is 39.5. The van der Waals surface area contributed by atoms with Gasteiger partial charge >= 0.3 is 0 Å². The van der Waals surface area contributed by atoms with E-state index in [1.54, 1.807) is 74.7 Å². The molecule has 0 fully saturated rings. The maximum Gasteiger partial charge on any atom is 0.264 e. The molecule has 0 aromatic heterocycles. The SMILES string of the molecule is CCOc1ccc(N(CC(=O)N(Cc2cccc(OC)c2)[C@@H](C)C(=O)NC(C)C)S(=O)(=O)c2ccccc2)cc1. The fraction of sp³-hybridized carbons (Fsp3) is 0.333. The summed E-state index contributed by atoms with van der Waals surface area (Å²) in [5.41, 5.74) is 1.02. The molecule has 9 nitrogen and oxygen atoms in total. The van der Waals surface area contributed by atoms with Crippen LogP contribution >= 0.6 is 0 Å². The summed E-state index contributed by atoms with van der Waals surface area (Å²) >= 11 is 0. The normalized spacial score (nSPS) is 11.9. The first-order valence-corrected chi connectivity index (χ1v) is 14.5. The zero-order valence-corrected chi connectivity index (χ0v) is 24.4. The molecule has 0 spiro atoms. The first kappa shape index (κ1) is 30.5. The van der Waals surface area contributed by atoms with Gasteiger partial charge in [0.1, 0.15) is 24.1 Å². The number of rotatable bonds is 13. The summed E-state index contributed by atoms with van der Waals surface area (Å²) in [7, 11) is -2.59. The summed E-state index contributed by atoms with van der Waals surface area (Å²) in [5, 5.41) is 2.84. The van der Waals surface area contributed by atoms with E-state index in [1.807, 2.05) is 26.8 Å². The number of nitrogens with one attached hydrogen (secondary N) is 1. The van der Waals surface area contributed by atoms with Crippen molar-refractivity contribution < 1.29 is 27.5 Å². The smallest absolute Gasteiger partial charge is 0.264 e. The predicted molar refractivity (Wildman–Crippen MR) is 155 cm³/mol. The van der Waals surface area contributed by atoms with Crippen molar-refractivity contribution in [2.45, 2.75) is 51.2 Å². The zero-order valence-electron chi connectivity index (χ0n) is 23.5. The Bertz CT molecular complexity index is 1380. The second-order valence-electron chi connectivity index (χ2n) is 9.46. The molecule has 0 aliphatic heterocycles. The minimum atomic E-state index is -4.13. The highest BCUT2D eigenvalue weighted by molar-refractivity contribution is 7.92. The van der Waals surface area contributed by atoms with Crippen LogP contribution in [0.2, 0.25) is 0 Å². The molecular formula is C30H37N3O6S.